The van der Waals surface area contributed by atoms with Gasteiger partial charge in [0.15, 0.2) is 0 Å². The molecule has 0 bridgehead atoms. The van der Waals surface area contributed by atoms with Gasteiger partial charge in [0.25, 0.3) is 0 Å². The smallest absolute Gasteiger partial charge is 0.0687 e. The molecule has 0 amide bonds. The van der Waals surface area contributed by atoms with Gasteiger partial charge in [0.1, 0.15) is 0 Å². The fourth-order valence-corrected chi connectivity index (χ4v) is 2.15. The Labute approximate surface area is 113 Å². The van der Waals surface area contributed by atoms with Gasteiger partial charge in [0.2, 0.25) is 0 Å². The Kier molecular flexibility index (Phi) is 4.29. The van der Waals surface area contributed by atoms with Gasteiger partial charge in [0, 0.05) is 24.9 Å². The molecule has 1 unspecified atom stereocenters. The molecular weight excluding hydrogens is 238 g/mol. The van der Waals surface area contributed by atoms with E-state index in [1.165, 1.54) is 0 Å². The van der Waals surface area contributed by atoms with Gasteiger partial charge in [0.05, 0.1) is 17.4 Å². The van der Waals surface area contributed by atoms with Crippen molar-refractivity contribution in [3.05, 3.63) is 47.0 Å². The first-order valence-electron chi connectivity index (χ1n) is 6.55. The van der Waals surface area contributed by atoms with Crippen LogP contribution in [0.3, 0.4) is 0 Å². The quantitative estimate of drug-likeness (QED) is 0.629. The molecule has 2 rings (SSSR count). The molecule has 2 aromatic heterocycles. The Morgan fingerprint density at radius 2 is 2.21 bits per heavy atom. The molecule has 0 saturated carbocycles. The molecule has 1 atom stereocenters. The highest BCUT2D eigenvalue weighted by Crippen LogP contribution is 2.17. The molecule has 0 aliphatic heterocycles. The second-order valence-corrected chi connectivity index (χ2v) is 4.73. The van der Waals surface area contributed by atoms with E-state index in [-0.39, 0.29) is 6.04 Å². The molecule has 0 aliphatic carbocycles. The third-order valence-electron chi connectivity index (χ3n) is 3.27. The Morgan fingerprint density at radius 1 is 1.42 bits per heavy atom. The van der Waals surface area contributed by atoms with Gasteiger partial charge in [-0.25, -0.2) is 0 Å². The molecule has 2 aromatic rings. The van der Waals surface area contributed by atoms with Crippen LogP contribution in [-0.2, 0) is 19.9 Å². The minimum Gasteiger partial charge on any atom is -0.272 e. The Balaban J connectivity index is 2.21. The van der Waals surface area contributed by atoms with Crippen molar-refractivity contribution >= 4 is 0 Å². The van der Waals surface area contributed by atoms with Crippen LogP contribution in [0.2, 0.25) is 0 Å². The summed E-state index contributed by atoms with van der Waals surface area (Å²) in [5, 5.41) is 4.46. The van der Waals surface area contributed by atoms with Gasteiger partial charge in [-0.15, -0.1) is 0 Å². The van der Waals surface area contributed by atoms with E-state index in [1.807, 2.05) is 36.9 Å². The topological polar surface area (TPSA) is 68.8 Å². The second kappa shape index (κ2) is 5.95. The van der Waals surface area contributed by atoms with E-state index in [0.29, 0.717) is 0 Å². The maximum atomic E-state index is 5.67. The number of hydrogen-bond donors (Lipinski definition) is 2. The maximum absolute atomic E-state index is 5.67. The number of hydrogen-bond acceptors (Lipinski definition) is 4. The standard InChI is InChI=1S/C14H21N5/c1-4-11-8-12(19(3)18-11)9-14(17-15)13-7-5-6-10(2)16-13/h5-8,14,17H,4,9,15H2,1-3H3. The zero-order chi connectivity index (χ0) is 13.8. The van der Waals surface area contributed by atoms with E-state index in [0.717, 1.165) is 35.6 Å². The van der Waals surface area contributed by atoms with Crippen molar-refractivity contribution in [3.63, 3.8) is 0 Å². The summed E-state index contributed by atoms with van der Waals surface area (Å²) in [5.74, 6) is 5.67. The Morgan fingerprint density at radius 3 is 2.79 bits per heavy atom. The molecule has 102 valence electrons. The second-order valence-electron chi connectivity index (χ2n) is 4.73. The van der Waals surface area contributed by atoms with Crippen LogP contribution >= 0.6 is 0 Å². The minimum absolute atomic E-state index is 0.00000567. The summed E-state index contributed by atoms with van der Waals surface area (Å²) in [6, 6.07) is 8.10. The first-order valence-corrected chi connectivity index (χ1v) is 6.55. The van der Waals surface area contributed by atoms with E-state index < -0.39 is 0 Å². The molecule has 0 radical (unpaired) electrons. The van der Waals surface area contributed by atoms with Gasteiger partial charge >= 0.3 is 0 Å². The molecule has 3 N–H and O–H groups in total. The number of rotatable bonds is 5. The first kappa shape index (κ1) is 13.7. The van der Waals surface area contributed by atoms with Crippen molar-refractivity contribution < 1.29 is 0 Å². The summed E-state index contributed by atoms with van der Waals surface area (Å²) in [7, 11) is 1.96. The van der Waals surface area contributed by atoms with E-state index in [9.17, 15) is 0 Å². The summed E-state index contributed by atoms with van der Waals surface area (Å²) < 4.78 is 1.92. The molecule has 0 aromatic carbocycles. The summed E-state index contributed by atoms with van der Waals surface area (Å²) in [4.78, 5) is 4.52. The zero-order valence-corrected chi connectivity index (χ0v) is 11.7. The number of nitrogens with two attached hydrogens (primary N) is 1. The van der Waals surface area contributed by atoms with Crippen LogP contribution in [0, 0.1) is 6.92 Å². The average Bonchev–Trinajstić information content (AvgIpc) is 2.76. The average molecular weight is 259 g/mol. The van der Waals surface area contributed by atoms with Crippen molar-refractivity contribution in [1.82, 2.24) is 20.2 Å². The third kappa shape index (κ3) is 3.19. The van der Waals surface area contributed by atoms with Gasteiger partial charge in [-0.2, -0.15) is 5.10 Å². The summed E-state index contributed by atoms with van der Waals surface area (Å²) >= 11 is 0. The van der Waals surface area contributed by atoms with E-state index >= 15 is 0 Å². The minimum atomic E-state index is 0.00000567. The summed E-state index contributed by atoms with van der Waals surface area (Å²) in [6.07, 6.45) is 1.72. The predicted octanol–water partition coefficient (Wildman–Crippen LogP) is 1.43. The van der Waals surface area contributed by atoms with Crippen LogP contribution in [0.15, 0.2) is 24.3 Å². The Bertz CT molecular complexity index is 547. The molecule has 0 spiro atoms. The van der Waals surface area contributed by atoms with Crippen LogP contribution in [0.25, 0.3) is 0 Å². The summed E-state index contributed by atoms with van der Waals surface area (Å²) in [5.41, 5.74) is 7.06. The van der Waals surface area contributed by atoms with E-state index in [4.69, 9.17) is 5.84 Å². The molecule has 0 fully saturated rings. The number of nitrogens with one attached hydrogen (secondary N) is 1. The highest BCUT2D eigenvalue weighted by atomic mass is 15.3. The van der Waals surface area contributed by atoms with Gasteiger partial charge in [-0.3, -0.25) is 20.9 Å². The fourth-order valence-electron chi connectivity index (χ4n) is 2.15. The highest BCUT2D eigenvalue weighted by molar-refractivity contribution is 5.18. The van der Waals surface area contributed by atoms with Gasteiger partial charge in [-0.1, -0.05) is 13.0 Å². The monoisotopic (exact) mass is 259 g/mol. The van der Waals surface area contributed by atoms with Crippen molar-refractivity contribution in [1.29, 1.82) is 0 Å². The fraction of sp³-hybridized carbons (Fsp3) is 0.429. The van der Waals surface area contributed by atoms with Gasteiger partial charge in [-0.05, 0) is 31.5 Å². The van der Waals surface area contributed by atoms with Crippen LogP contribution < -0.4 is 11.3 Å². The first-order chi connectivity index (χ1) is 9.13. The lowest BCUT2D eigenvalue weighted by Crippen LogP contribution is -2.30. The van der Waals surface area contributed by atoms with Crippen LogP contribution in [0.4, 0.5) is 0 Å². The van der Waals surface area contributed by atoms with Crippen LogP contribution in [0.1, 0.15) is 35.7 Å². The number of aryl methyl sites for hydroxylation is 3. The van der Waals surface area contributed by atoms with Crippen LogP contribution in [-0.4, -0.2) is 14.8 Å². The molecule has 5 heteroatoms. The lowest BCUT2D eigenvalue weighted by atomic mass is 10.1. The summed E-state index contributed by atoms with van der Waals surface area (Å²) in [6.45, 7) is 4.09. The SMILES string of the molecule is CCc1cc(CC(NN)c2cccc(C)n2)n(C)n1. The predicted molar refractivity (Wildman–Crippen MR) is 75.3 cm³/mol. The lowest BCUT2D eigenvalue weighted by molar-refractivity contribution is 0.517. The Hall–Kier alpha value is -1.72. The van der Waals surface area contributed by atoms with Crippen LogP contribution in [0.5, 0.6) is 0 Å². The number of aromatic nitrogens is 3. The van der Waals surface area contributed by atoms with Gasteiger partial charge < -0.3 is 0 Å². The van der Waals surface area contributed by atoms with Crippen molar-refractivity contribution in [2.24, 2.45) is 12.9 Å². The third-order valence-corrected chi connectivity index (χ3v) is 3.27. The molecular formula is C14H21N5. The van der Waals surface area contributed by atoms with Crippen molar-refractivity contribution in [2.75, 3.05) is 0 Å². The molecule has 2 heterocycles. The van der Waals surface area contributed by atoms with E-state index in [2.05, 4.69) is 28.5 Å². The maximum Gasteiger partial charge on any atom is 0.0687 e. The molecule has 5 nitrogen and oxygen atoms in total. The molecule has 19 heavy (non-hydrogen) atoms. The number of pyridine rings is 1. The number of nitrogens with zero attached hydrogens (tertiary/aromatic N) is 3. The highest BCUT2D eigenvalue weighted by Gasteiger charge is 2.15. The lowest BCUT2D eigenvalue weighted by Gasteiger charge is -2.15. The molecule has 0 saturated heterocycles. The number of hydrazine groups is 1. The molecule has 0 aliphatic rings. The van der Waals surface area contributed by atoms with Crippen molar-refractivity contribution in [3.8, 4) is 0 Å². The van der Waals surface area contributed by atoms with Crippen molar-refractivity contribution in [2.45, 2.75) is 32.7 Å². The van der Waals surface area contributed by atoms with E-state index in [1.54, 1.807) is 0 Å². The largest absolute Gasteiger partial charge is 0.272 e. The zero-order valence-electron chi connectivity index (χ0n) is 11.7. The normalized spacial score (nSPS) is 12.6.